The summed E-state index contributed by atoms with van der Waals surface area (Å²) in [4.78, 5) is 12.0. The Balaban J connectivity index is 2.21. The number of ether oxygens (including phenoxy) is 1. The van der Waals surface area contributed by atoms with E-state index in [1.165, 1.54) is 30.3 Å². The van der Waals surface area contributed by atoms with Crippen LogP contribution < -0.4 is 10.1 Å². The minimum absolute atomic E-state index is 0.0868. The predicted molar refractivity (Wildman–Crippen MR) is 72.2 cm³/mol. The Morgan fingerprint density at radius 1 is 1.19 bits per heavy atom. The highest BCUT2D eigenvalue weighted by Gasteiger charge is 2.13. The summed E-state index contributed by atoms with van der Waals surface area (Å²) in [5.41, 5.74) is 0.585. The summed E-state index contributed by atoms with van der Waals surface area (Å²) in [7, 11) is 0. The molecule has 0 aromatic heterocycles. The Hall–Kier alpha value is -2.50. The normalized spacial score (nSPS) is 10.5. The first-order chi connectivity index (χ1) is 9.97. The van der Waals surface area contributed by atoms with E-state index in [1.807, 2.05) is 0 Å². The van der Waals surface area contributed by atoms with Crippen LogP contribution in [0.15, 0.2) is 42.5 Å². The molecule has 6 heteroatoms. The van der Waals surface area contributed by atoms with Crippen LogP contribution in [0.1, 0.15) is 15.9 Å². The van der Waals surface area contributed by atoms with Crippen molar-refractivity contribution >= 4 is 11.6 Å². The second kappa shape index (κ2) is 6.30. The Morgan fingerprint density at radius 3 is 2.57 bits per heavy atom. The van der Waals surface area contributed by atoms with Gasteiger partial charge in [0.2, 0.25) is 0 Å². The molecule has 2 aromatic carbocycles. The summed E-state index contributed by atoms with van der Waals surface area (Å²) in [6.45, 7) is -1.43. The zero-order valence-corrected chi connectivity index (χ0v) is 11.1. The highest BCUT2D eigenvalue weighted by Crippen LogP contribution is 2.26. The van der Waals surface area contributed by atoms with Gasteiger partial charge in [-0.1, -0.05) is 18.2 Å². The average Bonchev–Trinajstić information content (AvgIpc) is 2.43. The molecule has 1 amide bonds. The fourth-order valence-electron chi connectivity index (χ4n) is 1.70. The highest BCUT2D eigenvalue weighted by molar-refractivity contribution is 6.05. The van der Waals surface area contributed by atoms with Gasteiger partial charge in [0.1, 0.15) is 11.6 Å². The minimum atomic E-state index is -3.00. The summed E-state index contributed by atoms with van der Waals surface area (Å²) >= 11 is 0. The first kappa shape index (κ1) is 14.9. The van der Waals surface area contributed by atoms with Gasteiger partial charge in [0.05, 0.1) is 5.69 Å². The molecule has 0 saturated carbocycles. The molecule has 0 saturated heterocycles. The van der Waals surface area contributed by atoms with Crippen LogP contribution in [0, 0.1) is 12.7 Å². The minimum Gasteiger partial charge on any atom is -0.433 e. The predicted octanol–water partition coefficient (Wildman–Crippen LogP) is 3.99. The quantitative estimate of drug-likeness (QED) is 0.926. The van der Waals surface area contributed by atoms with Gasteiger partial charge >= 0.3 is 6.61 Å². The molecule has 0 unspecified atom stereocenters. The molecule has 110 valence electrons. The van der Waals surface area contributed by atoms with E-state index in [2.05, 4.69) is 10.1 Å². The lowest BCUT2D eigenvalue weighted by molar-refractivity contribution is -0.0493. The fourth-order valence-corrected chi connectivity index (χ4v) is 1.70. The van der Waals surface area contributed by atoms with Crippen molar-refractivity contribution < 1.29 is 22.7 Å². The fraction of sp³-hybridized carbons (Fsp3) is 0.133. The number of alkyl halides is 2. The van der Waals surface area contributed by atoms with Gasteiger partial charge in [-0.2, -0.15) is 8.78 Å². The van der Waals surface area contributed by atoms with Gasteiger partial charge in [0.15, 0.2) is 0 Å². The molecule has 0 aliphatic heterocycles. The SMILES string of the molecule is Cc1ccc(C(=O)Nc2ccccc2OC(F)F)cc1F. The molecule has 2 aromatic rings. The zero-order chi connectivity index (χ0) is 15.4. The van der Waals surface area contributed by atoms with Crippen molar-refractivity contribution in [3.05, 3.63) is 59.4 Å². The smallest absolute Gasteiger partial charge is 0.387 e. The number of hydrogen-bond acceptors (Lipinski definition) is 2. The maximum Gasteiger partial charge on any atom is 0.387 e. The van der Waals surface area contributed by atoms with E-state index in [9.17, 15) is 18.0 Å². The number of benzene rings is 2. The number of rotatable bonds is 4. The molecule has 0 aliphatic rings. The molecule has 0 fully saturated rings. The van der Waals surface area contributed by atoms with Crippen molar-refractivity contribution in [3.63, 3.8) is 0 Å². The third-order valence-electron chi connectivity index (χ3n) is 2.79. The second-order valence-corrected chi connectivity index (χ2v) is 4.29. The van der Waals surface area contributed by atoms with E-state index in [1.54, 1.807) is 13.0 Å². The van der Waals surface area contributed by atoms with Crippen molar-refractivity contribution in [1.29, 1.82) is 0 Å². The number of carbonyl (C=O) groups excluding carboxylic acids is 1. The van der Waals surface area contributed by atoms with Crippen LogP contribution in [0.25, 0.3) is 0 Å². The number of para-hydroxylation sites is 2. The molecular formula is C15H12F3NO2. The van der Waals surface area contributed by atoms with E-state index in [0.717, 1.165) is 6.07 Å². The van der Waals surface area contributed by atoms with E-state index in [-0.39, 0.29) is 17.0 Å². The van der Waals surface area contributed by atoms with Gasteiger partial charge in [-0.05, 0) is 36.8 Å². The van der Waals surface area contributed by atoms with Gasteiger partial charge in [-0.3, -0.25) is 4.79 Å². The molecule has 0 radical (unpaired) electrons. The summed E-state index contributed by atoms with van der Waals surface area (Å²) in [5.74, 6) is -1.28. The summed E-state index contributed by atoms with van der Waals surface area (Å²) < 4.78 is 42.3. The number of anilines is 1. The molecule has 0 aliphatic carbocycles. The summed E-state index contributed by atoms with van der Waals surface area (Å²) in [5, 5.41) is 2.41. The number of aryl methyl sites for hydroxylation is 1. The van der Waals surface area contributed by atoms with Gasteiger partial charge in [0.25, 0.3) is 5.91 Å². The van der Waals surface area contributed by atoms with Gasteiger partial charge in [-0.15, -0.1) is 0 Å². The summed E-state index contributed by atoms with van der Waals surface area (Å²) in [6.07, 6.45) is 0. The van der Waals surface area contributed by atoms with Crippen LogP contribution in [0.3, 0.4) is 0 Å². The van der Waals surface area contributed by atoms with Crippen LogP contribution in [0.4, 0.5) is 18.9 Å². The lowest BCUT2D eigenvalue weighted by atomic mass is 10.1. The number of nitrogens with one attached hydrogen (secondary N) is 1. The van der Waals surface area contributed by atoms with Crippen molar-refractivity contribution in [1.82, 2.24) is 0 Å². The third-order valence-corrected chi connectivity index (χ3v) is 2.79. The Bertz CT molecular complexity index is 659. The molecule has 2 rings (SSSR count). The zero-order valence-electron chi connectivity index (χ0n) is 11.1. The molecule has 21 heavy (non-hydrogen) atoms. The highest BCUT2D eigenvalue weighted by atomic mass is 19.3. The van der Waals surface area contributed by atoms with Crippen LogP contribution in [-0.4, -0.2) is 12.5 Å². The molecular weight excluding hydrogens is 283 g/mol. The van der Waals surface area contributed by atoms with E-state index >= 15 is 0 Å². The van der Waals surface area contributed by atoms with E-state index < -0.39 is 18.3 Å². The van der Waals surface area contributed by atoms with Crippen LogP contribution in [0.2, 0.25) is 0 Å². The van der Waals surface area contributed by atoms with Crippen LogP contribution >= 0.6 is 0 Å². The molecule has 0 atom stereocenters. The van der Waals surface area contributed by atoms with Crippen molar-refractivity contribution in [2.45, 2.75) is 13.5 Å². The number of hydrogen-bond donors (Lipinski definition) is 1. The Labute approximate surface area is 119 Å². The summed E-state index contributed by atoms with van der Waals surface area (Å²) in [6, 6.07) is 9.78. The lowest BCUT2D eigenvalue weighted by Gasteiger charge is -2.11. The topological polar surface area (TPSA) is 38.3 Å². The van der Waals surface area contributed by atoms with Gasteiger partial charge in [0, 0.05) is 5.56 Å². The molecule has 0 heterocycles. The van der Waals surface area contributed by atoms with E-state index in [0.29, 0.717) is 5.56 Å². The molecule has 1 N–H and O–H groups in total. The number of halogens is 3. The Morgan fingerprint density at radius 2 is 1.90 bits per heavy atom. The van der Waals surface area contributed by atoms with Gasteiger partial charge < -0.3 is 10.1 Å². The largest absolute Gasteiger partial charge is 0.433 e. The van der Waals surface area contributed by atoms with E-state index in [4.69, 9.17) is 0 Å². The first-order valence-electron chi connectivity index (χ1n) is 6.08. The molecule has 0 spiro atoms. The lowest BCUT2D eigenvalue weighted by Crippen LogP contribution is -2.14. The number of carbonyl (C=O) groups is 1. The Kier molecular flexibility index (Phi) is 4.47. The maximum atomic E-state index is 13.4. The number of amides is 1. The maximum absolute atomic E-state index is 13.4. The van der Waals surface area contributed by atoms with Crippen LogP contribution in [0.5, 0.6) is 5.75 Å². The third kappa shape index (κ3) is 3.75. The van der Waals surface area contributed by atoms with Crippen molar-refractivity contribution in [3.8, 4) is 5.75 Å². The van der Waals surface area contributed by atoms with Crippen molar-refractivity contribution in [2.75, 3.05) is 5.32 Å². The average molecular weight is 295 g/mol. The molecule has 3 nitrogen and oxygen atoms in total. The molecule has 0 bridgehead atoms. The first-order valence-corrected chi connectivity index (χ1v) is 6.08. The van der Waals surface area contributed by atoms with Crippen LogP contribution in [-0.2, 0) is 0 Å². The van der Waals surface area contributed by atoms with Crippen molar-refractivity contribution in [2.24, 2.45) is 0 Å². The second-order valence-electron chi connectivity index (χ2n) is 4.29. The van der Waals surface area contributed by atoms with Gasteiger partial charge in [-0.25, -0.2) is 4.39 Å². The monoisotopic (exact) mass is 295 g/mol. The standard InChI is InChI=1S/C15H12F3NO2/c1-9-6-7-10(8-11(9)16)14(20)19-12-4-2-3-5-13(12)21-15(17)18/h2-8,15H,1H3,(H,19,20).